The number of hydrogen-bond acceptors (Lipinski definition) is 6. The topological polar surface area (TPSA) is 101 Å². The number of amides is 1. The van der Waals surface area contributed by atoms with E-state index in [9.17, 15) is 23.5 Å². The minimum atomic E-state index is -2.98. The molecule has 1 aromatic heterocycles. The Labute approximate surface area is 207 Å². The number of nitrogens with one attached hydrogen (secondary N) is 2. The van der Waals surface area contributed by atoms with E-state index in [1.165, 1.54) is 24.5 Å². The number of rotatable bonds is 9. The Balaban J connectivity index is 1.39. The van der Waals surface area contributed by atoms with Gasteiger partial charge in [0.25, 0.3) is 5.92 Å². The number of halogens is 2. The Morgan fingerprint density at radius 3 is 2.56 bits per heavy atom. The van der Waals surface area contributed by atoms with Crippen LogP contribution in [0.2, 0.25) is 0 Å². The van der Waals surface area contributed by atoms with E-state index < -0.39 is 11.3 Å². The van der Waals surface area contributed by atoms with E-state index in [1.54, 1.807) is 42.5 Å². The smallest absolute Gasteiger partial charge is 0.272 e. The van der Waals surface area contributed by atoms with Gasteiger partial charge in [-0.25, -0.2) is 8.78 Å². The summed E-state index contributed by atoms with van der Waals surface area (Å²) in [7, 11) is 0. The zero-order valence-corrected chi connectivity index (χ0v) is 19.8. The number of nitrogens with zero attached hydrogens (tertiary/aromatic N) is 1. The zero-order valence-electron chi connectivity index (χ0n) is 19.8. The van der Waals surface area contributed by atoms with E-state index in [1.807, 2.05) is 0 Å². The first kappa shape index (κ1) is 25.2. The number of ketones is 1. The summed E-state index contributed by atoms with van der Waals surface area (Å²) < 4.78 is 33.2. The summed E-state index contributed by atoms with van der Waals surface area (Å²) in [5.74, 6) is -3.69. The highest BCUT2D eigenvalue weighted by Gasteiger charge is 2.44. The first-order chi connectivity index (χ1) is 17.2. The Bertz CT molecular complexity index is 1240. The maximum absolute atomic E-state index is 13.9. The predicted octanol–water partition coefficient (Wildman–Crippen LogP) is 4.94. The van der Waals surface area contributed by atoms with Crippen molar-refractivity contribution in [3.63, 3.8) is 0 Å². The number of aromatic nitrogens is 1. The lowest BCUT2D eigenvalue weighted by molar-refractivity contribution is -0.131. The summed E-state index contributed by atoms with van der Waals surface area (Å²) in [6.07, 6.45) is 2.94. The van der Waals surface area contributed by atoms with Crippen molar-refractivity contribution in [2.75, 3.05) is 18.5 Å². The third kappa shape index (κ3) is 5.85. The van der Waals surface area contributed by atoms with E-state index in [0.29, 0.717) is 24.4 Å². The van der Waals surface area contributed by atoms with Crippen LogP contribution in [0.15, 0.2) is 67.0 Å². The number of Topliss-reactive ketones (excluding diaryl/α,β-unsaturated/α-hetero) is 1. The predicted molar refractivity (Wildman–Crippen MR) is 130 cm³/mol. The minimum Gasteiger partial charge on any atom is -0.506 e. The van der Waals surface area contributed by atoms with Gasteiger partial charge in [0.1, 0.15) is 5.75 Å². The highest BCUT2D eigenvalue weighted by molar-refractivity contribution is 6.00. The average Bonchev–Trinajstić information content (AvgIpc) is 3.33. The van der Waals surface area contributed by atoms with Gasteiger partial charge >= 0.3 is 0 Å². The van der Waals surface area contributed by atoms with Crippen molar-refractivity contribution >= 4 is 23.1 Å². The van der Waals surface area contributed by atoms with Crippen LogP contribution in [0.4, 0.5) is 20.2 Å². The van der Waals surface area contributed by atoms with Crippen LogP contribution >= 0.6 is 0 Å². The van der Waals surface area contributed by atoms with Gasteiger partial charge in [0.15, 0.2) is 5.78 Å². The van der Waals surface area contributed by atoms with Crippen molar-refractivity contribution in [2.45, 2.75) is 32.2 Å². The molecule has 1 aliphatic heterocycles. The normalized spacial score (nSPS) is 17.5. The van der Waals surface area contributed by atoms with Crippen molar-refractivity contribution < 1.29 is 28.2 Å². The van der Waals surface area contributed by atoms with Crippen molar-refractivity contribution in [1.29, 1.82) is 0 Å². The molecule has 1 amide bonds. The number of anilines is 2. The molecule has 1 aliphatic rings. The van der Waals surface area contributed by atoms with Crippen LogP contribution in [-0.4, -0.2) is 35.0 Å². The Kier molecular flexibility index (Phi) is 7.30. The van der Waals surface area contributed by atoms with Gasteiger partial charge in [-0.2, -0.15) is 0 Å². The van der Waals surface area contributed by atoms with Gasteiger partial charge in [-0.3, -0.25) is 14.6 Å². The summed E-state index contributed by atoms with van der Waals surface area (Å²) in [5, 5.41) is 15.5. The molecule has 0 radical (unpaired) electrons. The molecule has 188 valence electrons. The number of benzene rings is 2. The van der Waals surface area contributed by atoms with E-state index in [2.05, 4.69) is 15.6 Å². The Morgan fingerprint density at radius 2 is 1.89 bits per heavy atom. The van der Waals surface area contributed by atoms with Gasteiger partial charge in [0.2, 0.25) is 5.91 Å². The van der Waals surface area contributed by atoms with Gasteiger partial charge in [-0.05, 0) is 36.2 Å². The molecule has 7 nitrogen and oxygen atoms in total. The van der Waals surface area contributed by atoms with E-state index >= 15 is 0 Å². The summed E-state index contributed by atoms with van der Waals surface area (Å²) in [6.45, 7) is 1.58. The molecule has 1 atom stereocenters. The molecule has 0 bridgehead atoms. The highest BCUT2D eigenvalue weighted by atomic mass is 19.3. The van der Waals surface area contributed by atoms with Crippen molar-refractivity contribution in [1.82, 2.24) is 10.3 Å². The SMILES string of the molecule is CC(F)(F)c1ccccc1Nc1ccc(CNC(=O)[C@]2(CC(=O)c3cncc(O)c3)CCOC2)cc1. The lowest BCUT2D eigenvalue weighted by atomic mass is 9.80. The van der Waals surface area contributed by atoms with Crippen molar-refractivity contribution in [3.05, 3.63) is 83.7 Å². The van der Waals surface area contributed by atoms with E-state index in [0.717, 1.165) is 12.5 Å². The van der Waals surface area contributed by atoms with Crippen LogP contribution < -0.4 is 10.6 Å². The number of alkyl halides is 2. The molecule has 0 spiro atoms. The molecular formula is C27H27F2N3O4. The van der Waals surface area contributed by atoms with Gasteiger partial charge in [0, 0.05) is 55.2 Å². The number of carbonyl (C=O) groups excluding carboxylic acids is 2. The number of para-hydroxylation sites is 1. The second-order valence-corrected chi connectivity index (χ2v) is 9.05. The fourth-order valence-electron chi connectivity index (χ4n) is 4.20. The summed E-state index contributed by atoms with van der Waals surface area (Å²) in [5.41, 5.74) is 0.897. The number of aromatic hydroxyl groups is 1. The average molecular weight is 496 g/mol. The highest BCUT2D eigenvalue weighted by Crippen LogP contribution is 2.35. The molecule has 0 aliphatic carbocycles. The van der Waals surface area contributed by atoms with E-state index in [-0.39, 0.29) is 48.1 Å². The second kappa shape index (κ2) is 10.4. The fourth-order valence-corrected chi connectivity index (χ4v) is 4.20. The Morgan fingerprint density at radius 1 is 1.14 bits per heavy atom. The molecule has 2 heterocycles. The molecule has 0 saturated carbocycles. The summed E-state index contributed by atoms with van der Waals surface area (Å²) >= 11 is 0. The molecule has 1 saturated heterocycles. The maximum atomic E-state index is 13.9. The van der Waals surface area contributed by atoms with Crippen LogP contribution in [0.3, 0.4) is 0 Å². The van der Waals surface area contributed by atoms with Gasteiger partial charge in [-0.1, -0.05) is 30.3 Å². The monoisotopic (exact) mass is 495 g/mol. The minimum absolute atomic E-state index is 0.0612. The molecule has 4 rings (SSSR count). The zero-order chi connectivity index (χ0) is 25.8. The standard InChI is InChI=1S/C27H27F2N3O4/c1-26(28,29)22-4-2-3-5-23(22)32-20-8-6-18(7-9-20)14-31-25(35)27(10-11-36-17-27)13-24(34)19-12-21(33)16-30-15-19/h2-9,12,15-16,32-33H,10-11,13-14,17H2,1H3,(H,31,35)/t27-/m0/s1. The second-order valence-electron chi connectivity index (χ2n) is 9.05. The molecule has 1 fully saturated rings. The number of pyridine rings is 1. The number of ether oxygens (including phenoxy) is 1. The van der Waals surface area contributed by atoms with Crippen LogP contribution in [0.25, 0.3) is 0 Å². The first-order valence-electron chi connectivity index (χ1n) is 11.5. The van der Waals surface area contributed by atoms with E-state index in [4.69, 9.17) is 4.74 Å². The van der Waals surface area contributed by atoms with Crippen LogP contribution in [-0.2, 0) is 22.0 Å². The van der Waals surface area contributed by atoms with Gasteiger partial charge < -0.3 is 20.5 Å². The van der Waals surface area contributed by atoms with Crippen LogP contribution in [0.5, 0.6) is 5.75 Å². The first-order valence-corrected chi connectivity index (χ1v) is 11.5. The molecule has 3 aromatic rings. The van der Waals surface area contributed by atoms with Crippen LogP contribution in [0, 0.1) is 5.41 Å². The summed E-state index contributed by atoms with van der Waals surface area (Å²) in [4.78, 5) is 29.7. The van der Waals surface area contributed by atoms with Crippen molar-refractivity contribution in [2.24, 2.45) is 5.41 Å². The maximum Gasteiger partial charge on any atom is 0.272 e. The molecule has 0 unspecified atom stereocenters. The van der Waals surface area contributed by atoms with Gasteiger partial charge in [-0.15, -0.1) is 0 Å². The fraction of sp³-hybridized carbons (Fsp3) is 0.296. The molecule has 9 heteroatoms. The molecular weight excluding hydrogens is 468 g/mol. The van der Waals surface area contributed by atoms with Crippen LogP contribution in [0.1, 0.15) is 41.3 Å². The Hall–Kier alpha value is -3.85. The number of carbonyl (C=O) groups is 2. The molecule has 2 aromatic carbocycles. The lowest BCUT2D eigenvalue weighted by Gasteiger charge is -2.25. The summed E-state index contributed by atoms with van der Waals surface area (Å²) in [6, 6.07) is 14.6. The van der Waals surface area contributed by atoms with Gasteiger partial charge in [0.05, 0.1) is 18.2 Å². The third-order valence-corrected chi connectivity index (χ3v) is 6.22. The quantitative estimate of drug-likeness (QED) is 0.364. The lowest BCUT2D eigenvalue weighted by Crippen LogP contribution is -2.42. The third-order valence-electron chi connectivity index (χ3n) is 6.22. The number of hydrogen-bond donors (Lipinski definition) is 3. The molecule has 3 N–H and O–H groups in total. The van der Waals surface area contributed by atoms with Crippen molar-refractivity contribution in [3.8, 4) is 5.75 Å². The largest absolute Gasteiger partial charge is 0.506 e. The molecule has 36 heavy (non-hydrogen) atoms.